The molecule has 1 saturated carbocycles. The predicted molar refractivity (Wildman–Crippen MR) is 133 cm³/mol. The Hall–Kier alpha value is -4.50. The number of alkyl halides is 6. The van der Waals surface area contributed by atoms with Gasteiger partial charge in [-0.05, 0) is 48.8 Å². The number of nitrogens with two attached hydrogens (primary N) is 1. The zero-order chi connectivity index (χ0) is 29.7. The van der Waals surface area contributed by atoms with Crippen molar-refractivity contribution >= 4 is 22.3 Å². The van der Waals surface area contributed by atoms with Gasteiger partial charge in [0, 0.05) is 25.0 Å². The number of hydrogen-bond acceptors (Lipinski definition) is 7. The molecule has 2 atom stereocenters. The molecule has 0 unspecified atom stereocenters. The molecule has 216 valence electrons. The highest BCUT2D eigenvalue weighted by molar-refractivity contribution is 5.86. The average molecular weight is 583 g/mol. The molecule has 9 nitrogen and oxygen atoms in total. The van der Waals surface area contributed by atoms with Crippen LogP contribution in [0.3, 0.4) is 0 Å². The topological polar surface area (TPSA) is 132 Å². The van der Waals surface area contributed by atoms with Crippen LogP contribution in [0, 0.1) is 11.7 Å². The number of H-pyrrole nitrogens is 1. The van der Waals surface area contributed by atoms with Crippen molar-refractivity contribution in [3.05, 3.63) is 74.4 Å². The first-order valence-electron chi connectivity index (χ1n) is 12.2. The van der Waals surface area contributed by atoms with Gasteiger partial charge in [-0.15, -0.1) is 0 Å². The minimum atomic E-state index is -4.88. The molecule has 0 aliphatic heterocycles. The van der Waals surface area contributed by atoms with Gasteiger partial charge in [-0.1, -0.05) is 0 Å². The van der Waals surface area contributed by atoms with Crippen LogP contribution in [-0.2, 0) is 18.9 Å². The van der Waals surface area contributed by atoms with Crippen LogP contribution in [0.1, 0.15) is 30.4 Å². The molecule has 1 fully saturated rings. The van der Waals surface area contributed by atoms with E-state index in [9.17, 15) is 40.3 Å². The third-order valence-electron chi connectivity index (χ3n) is 6.92. The van der Waals surface area contributed by atoms with Crippen molar-refractivity contribution in [2.45, 2.75) is 44.2 Å². The summed E-state index contributed by atoms with van der Waals surface area (Å²) in [5.74, 6) is -2.30. The van der Waals surface area contributed by atoms with Crippen molar-refractivity contribution in [2.24, 2.45) is 5.92 Å². The van der Waals surface area contributed by atoms with E-state index in [0.717, 1.165) is 12.3 Å². The third kappa shape index (κ3) is 5.58. The number of benzene rings is 1. The number of hydrogen-bond donors (Lipinski definition) is 3. The van der Waals surface area contributed by atoms with Gasteiger partial charge in [0.15, 0.2) is 5.82 Å². The molecule has 41 heavy (non-hydrogen) atoms. The molecule has 1 aliphatic rings. The van der Waals surface area contributed by atoms with Gasteiger partial charge >= 0.3 is 12.4 Å². The quantitative estimate of drug-likeness (QED) is 0.293. The Balaban J connectivity index is 1.35. The lowest BCUT2D eigenvalue weighted by molar-refractivity contribution is -0.138. The van der Waals surface area contributed by atoms with Crippen LogP contribution in [0.2, 0.25) is 0 Å². The Morgan fingerprint density at radius 1 is 1.07 bits per heavy atom. The fraction of sp³-hybridized carbons (Fsp3) is 0.320. The summed E-state index contributed by atoms with van der Waals surface area (Å²) >= 11 is 0. The van der Waals surface area contributed by atoms with E-state index in [1.807, 2.05) is 0 Å². The molecule has 0 amide bonds. The molecule has 0 radical (unpaired) electrons. The SMILES string of the molecule is Nc1nc(-c2cc3ccn(C[C@H]4CC[C@@H](Nc5cn[nH]c(=O)c5C(F)(F)F)C4)c(=O)c3cc2F)ncc1C(F)(F)F. The number of aromatic nitrogens is 5. The molecule has 1 aliphatic carbocycles. The fourth-order valence-electron chi connectivity index (χ4n) is 5.02. The average Bonchev–Trinajstić information content (AvgIpc) is 3.31. The highest BCUT2D eigenvalue weighted by Gasteiger charge is 2.38. The number of aromatic amines is 1. The number of halogens is 7. The van der Waals surface area contributed by atoms with E-state index in [-0.39, 0.29) is 34.6 Å². The highest BCUT2D eigenvalue weighted by Crippen LogP contribution is 2.36. The first-order valence-corrected chi connectivity index (χ1v) is 12.2. The van der Waals surface area contributed by atoms with Crippen molar-refractivity contribution in [3.8, 4) is 11.4 Å². The maximum Gasteiger partial charge on any atom is 0.423 e. The van der Waals surface area contributed by atoms with E-state index >= 15 is 0 Å². The van der Waals surface area contributed by atoms with E-state index in [1.54, 1.807) is 5.10 Å². The van der Waals surface area contributed by atoms with Crippen LogP contribution in [0.5, 0.6) is 0 Å². The maximum atomic E-state index is 15.0. The second-order valence-electron chi connectivity index (χ2n) is 9.69. The Morgan fingerprint density at radius 3 is 2.51 bits per heavy atom. The summed E-state index contributed by atoms with van der Waals surface area (Å²) in [6.45, 7) is 0.203. The van der Waals surface area contributed by atoms with Gasteiger partial charge in [0.25, 0.3) is 11.1 Å². The van der Waals surface area contributed by atoms with Crippen LogP contribution >= 0.6 is 0 Å². The summed E-state index contributed by atoms with van der Waals surface area (Å²) in [7, 11) is 0. The van der Waals surface area contributed by atoms with Crippen molar-refractivity contribution in [2.75, 3.05) is 11.1 Å². The molecule has 1 aromatic carbocycles. The Kier molecular flexibility index (Phi) is 6.95. The van der Waals surface area contributed by atoms with Crippen molar-refractivity contribution in [3.63, 3.8) is 0 Å². The van der Waals surface area contributed by atoms with Gasteiger partial charge < -0.3 is 15.6 Å². The van der Waals surface area contributed by atoms with Gasteiger partial charge in [0.2, 0.25) is 0 Å². The van der Waals surface area contributed by atoms with E-state index in [4.69, 9.17) is 5.73 Å². The Bertz CT molecular complexity index is 1750. The summed E-state index contributed by atoms with van der Waals surface area (Å²) in [5, 5.41) is 8.25. The molecule has 0 spiro atoms. The van der Waals surface area contributed by atoms with Crippen molar-refractivity contribution < 1.29 is 30.7 Å². The zero-order valence-electron chi connectivity index (χ0n) is 20.8. The molecular formula is C25H20F7N7O2. The normalized spacial score (nSPS) is 17.7. The largest absolute Gasteiger partial charge is 0.423 e. The summed E-state index contributed by atoms with van der Waals surface area (Å²) in [5.41, 5.74) is 0.204. The molecule has 0 saturated heterocycles. The van der Waals surface area contributed by atoms with E-state index in [0.29, 0.717) is 25.5 Å². The van der Waals surface area contributed by atoms with E-state index in [2.05, 4.69) is 20.4 Å². The number of rotatable bonds is 5. The smallest absolute Gasteiger partial charge is 0.383 e. The first-order chi connectivity index (χ1) is 19.2. The number of fused-ring (bicyclic) bond motifs is 1. The Labute approximate surface area is 225 Å². The fourth-order valence-corrected chi connectivity index (χ4v) is 5.02. The second kappa shape index (κ2) is 10.2. The van der Waals surface area contributed by atoms with Crippen LogP contribution in [0.25, 0.3) is 22.2 Å². The predicted octanol–water partition coefficient (Wildman–Crippen LogP) is 4.58. The number of nitrogens with one attached hydrogen (secondary N) is 2. The summed E-state index contributed by atoms with van der Waals surface area (Å²) in [4.78, 5) is 32.0. The van der Waals surface area contributed by atoms with Gasteiger partial charge in [-0.3, -0.25) is 9.59 Å². The van der Waals surface area contributed by atoms with Crippen LogP contribution in [-0.4, -0.2) is 30.8 Å². The summed E-state index contributed by atoms with van der Waals surface area (Å²) in [6.07, 6.45) is -5.39. The van der Waals surface area contributed by atoms with Crippen LogP contribution in [0.15, 0.2) is 46.4 Å². The van der Waals surface area contributed by atoms with E-state index in [1.165, 1.54) is 22.9 Å². The van der Waals surface area contributed by atoms with Crippen molar-refractivity contribution in [1.29, 1.82) is 0 Å². The van der Waals surface area contributed by atoms with Gasteiger partial charge in [0.1, 0.15) is 22.8 Å². The zero-order valence-corrected chi connectivity index (χ0v) is 20.8. The van der Waals surface area contributed by atoms with Crippen LogP contribution < -0.4 is 22.2 Å². The molecule has 4 N–H and O–H groups in total. The first kappa shape index (κ1) is 28.0. The lowest BCUT2D eigenvalue weighted by Crippen LogP contribution is -2.28. The lowest BCUT2D eigenvalue weighted by Gasteiger charge is -2.18. The number of anilines is 2. The number of nitrogens with zero attached hydrogens (tertiary/aromatic N) is 4. The highest BCUT2D eigenvalue weighted by atomic mass is 19.4. The van der Waals surface area contributed by atoms with Crippen molar-refractivity contribution in [1.82, 2.24) is 24.7 Å². The second-order valence-corrected chi connectivity index (χ2v) is 9.69. The molecule has 3 aromatic heterocycles. The van der Waals surface area contributed by atoms with Gasteiger partial charge in [-0.2, -0.15) is 31.4 Å². The molecule has 4 aromatic rings. The third-order valence-corrected chi connectivity index (χ3v) is 6.92. The molecule has 16 heteroatoms. The summed E-state index contributed by atoms with van der Waals surface area (Å²) in [6, 6.07) is 3.30. The number of nitrogen functional groups attached to an aromatic ring is 1. The minimum Gasteiger partial charge on any atom is -0.383 e. The Morgan fingerprint density at radius 2 is 1.83 bits per heavy atom. The molecule has 0 bridgehead atoms. The molecular weight excluding hydrogens is 563 g/mol. The lowest BCUT2D eigenvalue weighted by atomic mass is 10.1. The van der Waals surface area contributed by atoms with Crippen LogP contribution in [0.4, 0.5) is 42.2 Å². The monoisotopic (exact) mass is 583 g/mol. The van der Waals surface area contributed by atoms with Gasteiger partial charge in [-0.25, -0.2) is 19.5 Å². The van der Waals surface area contributed by atoms with Gasteiger partial charge in [0.05, 0.1) is 22.8 Å². The molecule has 3 heterocycles. The molecule has 5 rings (SSSR count). The number of pyridine rings is 1. The van der Waals surface area contributed by atoms with E-state index < -0.39 is 58.0 Å². The maximum absolute atomic E-state index is 15.0. The minimum absolute atomic E-state index is 0.00529. The summed E-state index contributed by atoms with van der Waals surface area (Å²) < 4.78 is 95.2. The standard InChI is InChI=1S/C25H20F7N7O2/c26-17-7-14-12(6-15(17)21-34-8-16(20(33)37-21)24(27,28)29)3-4-39(23(14)41)10-11-1-2-13(5-11)36-18-9-35-38-22(40)19(18)25(30,31)32/h3-4,6-9,11,13H,1-2,5,10H2,(H2,33,34,37)(H2,36,38,40)/t11-,13+/m0/s1.